The Kier molecular flexibility index (Phi) is 6.00. The minimum absolute atomic E-state index is 0.0448. The molecule has 0 aromatic heterocycles. The summed E-state index contributed by atoms with van der Waals surface area (Å²) in [5, 5.41) is 19.0. The van der Waals surface area contributed by atoms with Gasteiger partial charge in [-0.2, -0.15) is 0 Å². The lowest BCUT2D eigenvalue weighted by Gasteiger charge is -2.26. The van der Waals surface area contributed by atoms with Crippen LogP contribution in [0.4, 0.5) is 5.69 Å². The Balaban J connectivity index is 2.78. The number of phenols is 2. The summed E-state index contributed by atoms with van der Waals surface area (Å²) in [5.41, 5.74) is 0.983. The van der Waals surface area contributed by atoms with Gasteiger partial charge in [0.1, 0.15) is 0 Å². The Morgan fingerprint density at radius 3 is 1.84 bits per heavy atom. The van der Waals surface area contributed by atoms with Gasteiger partial charge in [-0.1, -0.05) is 27.7 Å². The maximum atomic E-state index is 9.63. The second-order valence-corrected chi connectivity index (χ2v) is 6.03. The maximum absolute atomic E-state index is 9.63. The largest absolute Gasteiger partial charge is 0.504 e. The second-order valence-electron chi connectivity index (χ2n) is 6.03. The molecule has 1 aromatic carbocycles. The molecule has 108 valence electrons. The number of phenolic OH excluding ortho intramolecular Hbond substituents is 2. The summed E-state index contributed by atoms with van der Waals surface area (Å²) in [7, 11) is 0. The van der Waals surface area contributed by atoms with Crippen LogP contribution in [0.2, 0.25) is 0 Å². The van der Waals surface area contributed by atoms with Gasteiger partial charge in [-0.3, -0.25) is 0 Å². The van der Waals surface area contributed by atoms with Crippen molar-refractivity contribution in [3.63, 3.8) is 0 Å². The molecule has 0 spiro atoms. The van der Waals surface area contributed by atoms with E-state index in [0.29, 0.717) is 11.8 Å². The number of benzene rings is 1. The van der Waals surface area contributed by atoms with E-state index in [9.17, 15) is 10.2 Å². The topological polar surface area (TPSA) is 43.7 Å². The highest BCUT2D eigenvalue weighted by Gasteiger charge is 2.10. The quantitative estimate of drug-likeness (QED) is 0.732. The van der Waals surface area contributed by atoms with Crippen LogP contribution in [0.3, 0.4) is 0 Å². The molecule has 0 amide bonds. The zero-order valence-electron chi connectivity index (χ0n) is 12.6. The molecular weight excluding hydrogens is 238 g/mol. The average molecular weight is 265 g/mol. The molecule has 2 N–H and O–H groups in total. The van der Waals surface area contributed by atoms with Gasteiger partial charge in [0.25, 0.3) is 0 Å². The first-order valence-corrected chi connectivity index (χ1v) is 7.17. The molecular formula is C16H27NO2. The highest BCUT2D eigenvalue weighted by Crippen LogP contribution is 2.30. The van der Waals surface area contributed by atoms with Crippen molar-refractivity contribution in [2.75, 3.05) is 18.0 Å². The van der Waals surface area contributed by atoms with Gasteiger partial charge in [0.05, 0.1) is 0 Å². The van der Waals surface area contributed by atoms with Crippen molar-refractivity contribution in [2.45, 2.75) is 40.5 Å². The molecule has 0 bridgehead atoms. The summed E-state index contributed by atoms with van der Waals surface area (Å²) in [6.45, 7) is 10.8. The Bertz CT molecular complexity index is 376. The fourth-order valence-corrected chi connectivity index (χ4v) is 1.91. The summed E-state index contributed by atoms with van der Waals surface area (Å²) in [4.78, 5) is 2.29. The molecule has 1 aromatic rings. The number of rotatable bonds is 7. The number of aromatic hydroxyl groups is 2. The molecule has 0 saturated heterocycles. The van der Waals surface area contributed by atoms with Gasteiger partial charge in [0.2, 0.25) is 0 Å². The van der Waals surface area contributed by atoms with Crippen molar-refractivity contribution in [2.24, 2.45) is 11.8 Å². The van der Waals surface area contributed by atoms with Crippen LogP contribution in [0.5, 0.6) is 11.5 Å². The first kappa shape index (κ1) is 15.7. The van der Waals surface area contributed by atoms with E-state index in [4.69, 9.17) is 0 Å². The number of hydrogen-bond donors (Lipinski definition) is 2. The first-order chi connectivity index (χ1) is 8.90. The van der Waals surface area contributed by atoms with Crippen molar-refractivity contribution in [3.8, 4) is 11.5 Å². The summed E-state index contributed by atoms with van der Waals surface area (Å²) in [5.74, 6) is 1.22. The average Bonchev–Trinajstić information content (AvgIpc) is 2.32. The van der Waals surface area contributed by atoms with Crippen LogP contribution >= 0.6 is 0 Å². The molecule has 0 aliphatic rings. The molecule has 0 fully saturated rings. The predicted molar refractivity (Wildman–Crippen MR) is 80.9 cm³/mol. The normalized spacial score (nSPS) is 11.3. The van der Waals surface area contributed by atoms with Crippen molar-refractivity contribution >= 4 is 5.69 Å². The van der Waals surface area contributed by atoms with E-state index in [-0.39, 0.29) is 11.5 Å². The number of hydrogen-bond acceptors (Lipinski definition) is 3. The molecule has 3 nitrogen and oxygen atoms in total. The van der Waals surface area contributed by atoms with E-state index in [0.717, 1.165) is 31.6 Å². The predicted octanol–water partition coefficient (Wildman–Crippen LogP) is 4.00. The summed E-state index contributed by atoms with van der Waals surface area (Å²) in [6, 6.07) is 5.08. The van der Waals surface area contributed by atoms with E-state index >= 15 is 0 Å². The minimum Gasteiger partial charge on any atom is -0.504 e. The molecule has 0 aliphatic heterocycles. The van der Waals surface area contributed by atoms with E-state index in [2.05, 4.69) is 32.6 Å². The zero-order valence-corrected chi connectivity index (χ0v) is 12.6. The van der Waals surface area contributed by atoms with E-state index < -0.39 is 0 Å². The standard InChI is InChI=1S/C16H27NO2/c1-12(2)7-9-17(10-8-13(3)4)14-5-6-15(18)16(19)11-14/h5-6,11-13,18-19H,7-10H2,1-4H3. The second kappa shape index (κ2) is 7.27. The lowest BCUT2D eigenvalue weighted by atomic mass is 10.1. The molecule has 0 heterocycles. The molecule has 0 saturated carbocycles. The van der Waals surface area contributed by atoms with Gasteiger partial charge >= 0.3 is 0 Å². The lowest BCUT2D eigenvalue weighted by Crippen LogP contribution is -2.27. The molecule has 3 heteroatoms. The van der Waals surface area contributed by atoms with Crippen LogP contribution in [0.25, 0.3) is 0 Å². The Morgan fingerprint density at radius 1 is 0.895 bits per heavy atom. The number of nitrogens with zero attached hydrogens (tertiary/aromatic N) is 1. The van der Waals surface area contributed by atoms with Crippen LogP contribution in [-0.2, 0) is 0 Å². The summed E-state index contributed by atoms with van der Waals surface area (Å²) < 4.78 is 0. The third-order valence-corrected chi connectivity index (χ3v) is 3.28. The van der Waals surface area contributed by atoms with Gasteiger partial charge in [-0.15, -0.1) is 0 Å². The van der Waals surface area contributed by atoms with E-state index in [1.165, 1.54) is 0 Å². The van der Waals surface area contributed by atoms with Crippen molar-refractivity contribution in [3.05, 3.63) is 18.2 Å². The molecule has 0 radical (unpaired) electrons. The highest BCUT2D eigenvalue weighted by atomic mass is 16.3. The van der Waals surface area contributed by atoms with Crippen LogP contribution in [0.15, 0.2) is 18.2 Å². The monoisotopic (exact) mass is 265 g/mol. The van der Waals surface area contributed by atoms with E-state index in [1.807, 2.05) is 6.07 Å². The SMILES string of the molecule is CC(C)CCN(CCC(C)C)c1ccc(O)c(O)c1. The van der Waals surface area contributed by atoms with Gasteiger partial charge in [0.15, 0.2) is 11.5 Å². The number of anilines is 1. The van der Waals surface area contributed by atoms with Gasteiger partial charge in [0, 0.05) is 24.8 Å². The molecule has 0 aliphatic carbocycles. The Hall–Kier alpha value is -1.38. The van der Waals surface area contributed by atoms with E-state index in [1.54, 1.807) is 12.1 Å². The Labute approximate surface area is 116 Å². The zero-order chi connectivity index (χ0) is 14.4. The molecule has 19 heavy (non-hydrogen) atoms. The highest BCUT2D eigenvalue weighted by molar-refractivity contribution is 5.55. The smallest absolute Gasteiger partial charge is 0.159 e. The van der Waals surface area contributed by atoms with Crippen molar-refractivity contribution < 1.29 is 10.2 Å². The molecule has 0 unspecified atom stereocenters. The van der Waals surface area contributed by atoms with Gasteiger partial charge in [-0.25, -0.2) is 0 Å². The fraction of sp³-hybridized carbons (Fsp3) is 0.625. The summed E-state index contributed by atoms with van der Waals surface area (Å²) in [6.07, 6.45) is 2.25. The molecule has 1 rings (SSSR count). The maximum Gasteiger partial charge on any atom is 0.159 e. The van der Waals surface area contributed by atoms with Crippen LogP contribution in [-0.4, -0.2) is 23.3 Å². The lowest BCUT2D eigenvalue weighted by molar-refractivity contribution is 0.403. The summed E-state index contributed by atoms with van der Waals surface area (Å²) >= 11 is 0. The van der Waals surface area contributed by atoms with Gasteiger partial charge < -0.3 is 15.1 Å². The minimum atomic E-state index is -0.0589. The van der Waals surface area contributed by atoms with Gasteiger partial charge in [-0.05, 0) is 36.8 Å². The van der Waals surface area contributed by atoms with Crippen molar-refractivity contribution in [1.82, 2.24) is 0 Å². The molecule has 0 atom stereocenters. The third kappa shape index (κ3) is 5.41. The van der Waals surface area contributed by atoms with Crippen LogP contribution < -0.4 is 4.90 Å². The third-order valence-electron chi connectivity index (χ3n) is 3.28. The Morgan fingerprint density at radius 2 is 1.42 bits per heavy atom. The van der Waals surface area contributed by atoms with Crippen LogP contribution in [0.1, 0.15) is 40.5 Å². The van der Waals surface area contributed by atoms with Crippen LogP contribution in [0, 0.1) is 11.8 Å². The fourth-order valence-electron chi connectivity index (χ4n) is 1.91. The first-order valence-electron chi connectivity index (χ1n) is 7.17. The van der Waals surface area contributed by atoms with Crippen molar-refractivity contribution in [1.29, 1.82) is 0 Å².